The Morgan fingerprint density at radius 2 is 1.71 bits per heavy atom. The average molecular weight is 414 g/mol. The fourth-order valence-electron chi connectivity index (χ4n) is 4.27. The minimum Gasteiger partial charge on any atom is -0.508 e. The number of phenolic OH excluding ortho intramolecular Hbond substituents is 1. The maximum atomic E-state index is 10.8. The molecule has 0 bridgehead atoms. The van der Waals surface area contributed by atoms with Gasteiger partial charge in [-0.1, -0.05) is 48.5 Å². The van der Waals surface area contributed by atoms with Crippen molar-refractivity contribution in [3.05, 3.63) is 84.2 Å². The first-order valence-electron chi connectivity index (χ1n) is 10.8. The first-order chi connectivity index (χ1) is 15.2. The van der Waals surface area contributed by atoms with Crippen LogP contribution in [0.1, 0.15) is 30.3 Å². The number of aromatic hydroxyl groups is 1. The number of nitrogens with zero attached hydrogens (tertiary/aromatic N) is 2. The van der Waals surface area contributed by atoms with Crippen LogP contribution >= 0.6 is 0 Å². The number of phenols is 1. The van der Waals surface area contributed by atoms with E-state index >= 15 is 0 Å². The third-order valence-corrected chi connectivity index (χ3v) is 6.07. The van der Waals surface area contributed by atoms with E-state index in [0.717, 1.165) is 59.5 Å². The number of ether oxygens (including phenoxy) is 1. The molecule has 31 heavy (non-hydrogen) atoms. The molecule has 1 atom stereocenters. The lowest BCUT2D eigenvalue weighted by Gasteiger charge is -2.31. The number of hydrogen-bond donors (Lipinski definition) is 2. The molecule has 1 aliphatic rings. The highest BCUT2D eigenvalue weighted by molar-refractivity contribution is 5.75. The maximum absolute atomic E-state index is 10.8. The van der Waals surface area contributed by atoms with Gasteiger partial charge in [0.1, 0.15) is 17.7 Å². The predicted octanol–water partition coefficient (Wildman–Crippen LogP) is 5.14. The van der Waals surface area contributed by atoms with E-state index in [4.69, 9.17) is 9.72 Å². The fraction of sp³-hybridized carbons (Fsp3) is 0.269. The van der Waals surface area contributed by atoms with Crippen molar-refractivity contribution in [2.24, 2.45) is 0 Å². The van der Waals surface area contributed by atoms with Crippen molar-refractivity contribution in [1.82, 2.24) is 14.9 Å². The Morgan fingerprint density at radius 3 is 2.48 bits per heavy atom. The minimum atomic E-state index is -0.468. The molecule has 5 nitrogen and oxygen atoms in total. The first-order valence-corrected chi connectivity index (χ1v) is 10.8. The summed E-state index contributed by atoms with van der Waals surface area (Å²) >= 11 is 0. The normalized spacial score (nSPS) is 16.5. The smallest absolute Gasteiger partial charge is 0.144 e. The number of piperidine rings is 1. The van der Waals surface area contributed by atoms with Crippen molar-refractivity contribution in [2.45, 2.75) is 25.0 Å². The quantitative estimate of drug-likeness (QED) is 0.476. The van der Waals surface area contributed by atoms with Crippen LogP contribution in [-0.2, 0) is 4.74 Å². The number of H-pyrrole nitrogens is 1. The van der Waals surface area contributed by atoms with Crippen LogP contribution in [0.15, 0.2) is 72.8 Å². The summed E-state index contributed by atoms with van der Waals surface area (Å²) in [6, 6.07) is 23.9. The largest absolute Gasteiger partial charge is 0.508 e. The number of imidazole rings is 1. The summed E-state index contributed by atoms with van der Waals surface area (Å²) in [7, 11) is 2.14. The number of aromatic nitrogens is 2. The highest BCUT2D eigenvalue weighted by atomic mass is 16.5. The van der Waals surface area contributed by atoms with E-state index in [2.05, 4.69) is 29.1 Å². The SMILES string of the molecule is CN1CCC(OC(c2nc3ccccc3[nH]2)c2cc(-c3ccccc3)ccc2O)CC1. The molecule has 2 N–H and O–H groups in total. The lowest BCUT2D eigenvalue weighted by molar-refractivity contribution is -0.0271. The fourth-order valence-corrected chi connectivity index (χ4v) is 4.27. The van der Waals surface area contributed by atoms with Gasteiger partial charge in [-0.05, 0) is 55.3 Å². The Bertz CT molecular complexity index is 1130. The first kappa shape index (κ1) is 19.8. The van der Waals surface area contributed by atoms with Crippen molar-refractivity contribution < 1.29 is 9.84 Å². The van der Waals surface area contributed by atoms with Gasteiger partial charge in [0.05, 0.1) is 17.1 Å². The number of para-hydroxylation sites is 2. The number of rotatable bonds is 5. The molecule has 1 saturated heterocycles. The van der Waals surface area contributed by atoms with Crippen LogP contribution in [-0.4, -0.2) is 46.2 Å². The standard InChI is InChI=1S/C26H27N3O2/c1-29-15-13-20(14-16-29)31-25(26-27-22-9-5-6-10-23(22)28-26)21-17-19(11-12-24(21)30)18-7-3-2-4-8-18/h2-12,17,20,25,30H,13-16H2,1H3,(H,27,28). The maximum Gasteiger partial charge on any atom is 0.144 e. The molecule has 0 aliphatic carbocycles. The van der Waals surface area contributed by atoms with E-state index in [-0.39, 0.29) is 11.9 Å². The summed E-state index contributed by atoms with van der Waals surface area (Å²) in [5.74, 6) is 0.943. The Kier molecular flexibility index (Phi) is 5.45. The highest BCUT2D eigenvalue weighted by Crippen LogP contribution is 2.37. The Balaban J connectivity index is 1.56. The molecule has 1 aliphatic heterocycles. The van der Waals surface area contributed by atoms with E-state index < -0.39 is 6.10 Å². The van der Waals surface area contributed by atoms with Crippen LogP contribution in [0.4, 0.5) is 0 Å². The van der Waals surface area contributed by atoms with Gasteiger partial charge < -0.3 is 19.7 Å². The van der Waals surface area contributed by atoms with Crippen molar-refractivity contribution in [3.63, 3.8) is 0 Å². The monoisotopic (exact) mass is 413 g/mol. The lowest BCUT2D eigenvalue weighted by atomic mass is 9.98. The molecule has 0 amide bonds. The van der Waals surface area contributed by atoms with Gasteiger partial charge in [-0.25, -0.2) is 4.98 Å². The number of aromatic amines is 1. The molecule has 5 rings (SSSR count). The van der Waals surface area contributed by atoms with Gasteiger partial charge >= 0.3 is 0 Å². The number of hydrogen-bond acceptors (Lipinski definition) is 4. The third kappa shape index (κ3) is 4.20. The second-order valence-corrected chi connectivity index (χ2v) is 8.30. The lowest BCUT2D eigenvalue weighted by Crippen LogP contribution is -2.35. The molecular weight excluding hydrogens is 386 g/mol. The molecule has 1 aromatic heterocycles. The summed E-state index contributed by atoms with van der Waals surface area (Å²) < 4.78 is 6.63. The molecule has 0 radical (unpaired) electrons. The van der Waals surface area contributed by atoms with Crippen LogP contribution in [0.25, 0.3) is 22.2 Å². The average Bonchev–Trinajstić information content (AvgIpc) is 3.24. The van der Waals surface area contributed by atoms with Crippen molar-refractivity contribution in [3.8, 4) is 16.9 Å². The van der Waals surface area contributed by atoms with Gasteiger partial charge in [0.2, 0.25) is 0 Å². The Labute approximate surface area is 182 Å². The molecule has 4 aromatic rings. The topological polar surface area (TPSA) is 61.4 Å². The molecule has 0 spiro atoms. The number of nitrogens with one attached hydrogen (secondary N) is 1. The van der Waals surface area contributed by atoms with Crippen LogP contribution in [0.5, 0.6) is 5.75 Å². The third-order valence-electron chi connectivity index (χ3n) is 6.07. The van der Waals surface area contributed by atoms with Gasteiger partial charge in [0, 0.05) is 18.7 Å². The number of benzene rings is 3. The Hall–Kier alpha value is -3.15. The zero-order chi connectivity index (χ0) is 21.2. The van der Waals surface area contributed by atoms with Gasteiger partial charge in [0.15, 0.2) is 0 Å². The second-order valence-electron chi connectivity index (χ2n) is 8.30. The van der Waals surface area contributed by atoms with Gasteiger partial charge in [0.25, 0.3) is 0 Å². The highest BCUT2D eigenvalue weighted by Gasteiger charge is 2.28. The molecule has 5 heteroatoms. The zero-order valence-corrected chi connectivity index (χ0v) is 17.7. The molecule has 0 saturated carbocycles. The second kappa shape index (κ2) is 8.53. The summed E-state index contributed by atoms with van der Waals surface area (Å²) in [6.45, 7) is 2.01. The predicted molar refractivity (Wildman–Crippen MR) is 123 cm³/mol. The number of fused-ring (bicyclic) bond motifs is 1. The summed E-state index contributed by atoms with van der Waals surface area (Å²) in [5.41, 5.74) is 4.74. The van der Waals surface area contributed by atoms with Crippen molar-refractivity contribution >= 4 is 11.0 Å². The minimum absolute atomic E-state index is 0.120. The summed E-state index contributed by atoms with van der Waals surface area (Å²) in [6.07, 6.45) is 1.58. The van der Waals surface area contributed by atoms with E-state index in [1.165, 1.54) is 0 Å². The number of likely N-dealkylation sites (tertiary alicyclic amines) is 1. The Morgan fingerprint density at radius 1 is 0.968 bits per heavy atom. The van der Waals surface area contributed by atoms with Gasteiger partial charge in [-0.15, -0.1) is 0 Å². The summed E-state index contributed by atoms with van der Waals surface area (Å²) in [4.78, 5) is 10.6. The van der Waals surface area contributed by atoms with Crippen molar-refractivity contribution in [1.29, 1.82) is 0 Å². The van der Waals surface area contributed by atoms with Crippen LogP contribution in [0.3, 0.4) is 0 Å². The van der Waals surface area contributed by atoms with Gasteiger partial charge in [-0.3, -0.25) is 0 Å². The molecule has 2 heterocycles. The van der Waals surface area contributed by atoms with Crippen LogP contribution in [0.2, 0.25) is 0 Å². The van der Waals surface area contributed by atoms with E-state index in [0.29, 0.717) is 0 Å². The van der Waals surface area contributed by atoms with Gasteiger partial charge in [-0.2, -0.15) is 0 Å². The molecule has 1 unspecified atom stereocenters. The van der Waals surface area contributed by atoms with Crippen LogP contribution in [0, 0.1) is 0 Å². The van der Waals surface area contributed by atoms with Crippen molar-refractivity contribution in [2.75, 3.05) is 20.1 Å². The van der Waals surface area contributed by atoms with E-state index in [1.807, 2.05) is 54.6 Å². The molecule has 158 valence electrons. The summed E-state index contributed by atoms with van der Waals surface area (Å²) in [5, 5.41) is 10.8. The van der Waals surface area contributed by atoms with Crippen LogP contribution < -0.4 is 0 Å². The molecular formula is C26H27N3O2. The molecule has 1 fully saturated rings. The molecule has 3 aromatic carbocycles. The zero-order valence-electron chi connectivity index (χ0n) is 17.7. The van der Waals surface area contributed by atoms with E-state index in [9.17, 15) is 5.11 Å². The van der Waals surface area contributed by atoms with E-state index in [1.54, 1.807) is 6.07 Å².